The highest BCUT2D eigenvalue weighted by Crippen LogP contribution is 2.35. The van der Waals surface area contributed by atoms with Crippen LogP contribution in [0.3, 0.4) is 0 Å². The summed E-state index contributed by atoms with van der Waals surface area (Å²) in [5, 5.41) is 15.6. The molecule has 1 aromatic carbocycles. The van der Waals surface area contributed by atoms with Gasteiger partial charge in [-0.05, 0) is 49.6 Å². The molecule has 172 valence electrons. The lowest BCUT2D eigenvalue weighted by molar-refractivity contribution is 0.485. The summed E-state index contributed by atoms with van der Waals surface area (Å²) in [5.41, 5.74) is 4.33. The molecule has 1 atom stereocenters. The maximum absolute atomic E-state index is 13.5. The molecule has 0 fully saturated rings. The Kier molecular flexibility index (Phi) is 4.70. The van der Waals surface area contributed by atoms with Gasteiger partial charge >= 0.3 is 0 Å². The van der Waals surface area contributed by atoms with Gasteiger partial charge in [-0.15, -0.1) is 5.10 Å². The van der Waals surface area contributed by atoms with Crippen LogP contribution >= 0.6 is 11.6 Å². The Morgan fingerprint density at radius 1 is 1.18 bits per heavy atom. The van der Waals surface area contributed by atoms with Gasteiger partial charge in [0.1, 0.15) is 22.8 Å². The maximum Gasteiger partial charge on any atom is 0.260 e. The lowest BCUT2D eigenvalue weighted by Gasteiger charge is -2.22. The Bertz CT molecular complexity index is 1650. The van der Waals surface area contributed by atoms with Crippen LogP contribution in [0.5, 0.6) is 0 Å². The van der Waals surface area contributed by atoms with Crippen molar-refractivity contribution in [2.45, 2.75) is 39.4 Å². The molecule has 0 radical (unpaired) electrons. The van der Waals surface area contributed by atoms with Crippen LogP contribution in [-0.4, -0.2) is 34.1 Å². The number of pyridine rings is 2. The van der Waals surface area contributed by atoms with Crippen molar-refractivity contribution in [2.24, 2.45) is 7.05 Å². The third-order valence-corrected chi connectivity index (χ3v) is 6.60. The van der Waals surface area contributed by atoms with Gasteiger partial charge in [0.05, 0.1) is 11.9 Å². The van der Waals surface area contributed by atoms with Crippen LogP contribution in [0.2, 0.25) is 5.15 Å². The molecule has 0 bridgehead atoms. The Labute approximate surface area is 200 Å². The Morgan fingerprint density at radius 3 is 2.82 bits per heavy atom. The summed E-state index contributed by atoms with van der Waals surface area (Å²) in [6, 6.07) is 7.60. The minimum Gasteiger partial charge on any atom is -0.377 e. The first-order valence-corrected chi connectivity index (χ1v) is 11.6. The number of aromatic nitrogens is 7. The van der Waals surface area contributed by atoms with E-state index in [0.29, 0.717) is 23.2 Å². The number of anilines is 1. The van der Waals surface area contributed by atoms with Crippen molar-refractivity contribution in [1.29, 1.82) is 0 Å². The van der Waals surface area contributed by atoms with Crippen LogP contribution in [-0.2, 0) is 20.1 Å². The number of halogens is 1. The van der Waals surface area contributed by atoms with Crippen molar-refractivity contribution in [3.05, 3.63) is 63.4 Å². The number of fused-ring (bicyclic) bond motifs is 2. The van der Waals surface area contributed by atoms with Gasteiger partial charge in [-0.2, -0.15) is 5.10 Å². The number of nitrogens with one attached hydrogen (secondary N) is 1. The second-order valence-corrected chi connectivity index (χ2v) is 9.22. The van der Waals surface area contributed by atoms with E-state index in [4.69, 9.17) is 11.6 Å². The highest BCUT2D eigenvalue weighted by Gasteiger charge is 2.23. The van der Waals surface area contributed by atoms with E-state index < -0.39 is 0 Å². The molecule has 5 heterocycles. The molecular formula is C24H23ClN8O. The molecule has 0 saturated carbocycles. The first-order chi connectivity index (χ1) is 16.4. The first-order valence-electron chi connectivity index (χ1n) is 11.2. The van der Waals surface area contributed by atoms with Gasteiger partial charge in [-0.3, -0.25) is 14.0 Å². The van der Waals surface area contributed by atoms with Gasteiger partial charge in [0.25, 0.3) is 5.56 Å². The van der Waals surface area contributed by atoms with Crippen LogP contribution in [0.1, 0.15) is 30.5 Å². The lowest BCUT2D eigenvalue weighted by Crippen LogP contribution is -2.27. The van der Waals surface area contributed by atoms with Crippen molar-refractivity contribution in [2.75, 3.05) is 5.32 Å². The van der Waals surface area contributed by atoms with E-state index >= 15 is 0 Å². The number of nitrogens with zero attached hydrogens (tertiary/aromatic N) is 7. The minimum absolute atomic E-state index is 0.0348. The molecule has 0 aliphatic carbocycles. The van der Waals surface area contributed by atoms with Gasteiger partial charge < -0.3 is 5.32 Å². The average Bonchev–Trinajstić information content (AvgIpc) is 3.45. The Hall–Kier alpha value is -3.72. The zero-order chi connectivity index (χ0) is 23.6. The fraction of sp³-hybridized carbons (Fsp3) is 0.292. The summed E-state index contributed by atoms with van der Waals surface area (Å²) in [4.78, 5) is 22.3. The molecule has 5 aromatic rings. The predicted octanol–water partition coefficient (Wildman–Crippen LogP) is 4.08. The highest BCUT2D eigenvalue weighted by atomic mass is 35.5. The van der Waals surface area contributed by atoms with Crippen molar-refractivity contribution in [3.8, 4) is 11.5 Å². The lowest BCUT2D eigenvalue weighted by atomic mass is 9.95. The Balaban J connectivity index is 1.53. The summed E-state index contributed by atoms with van der Waals surface area (Å²) in [7, 11) is 1.81. The van der Waals surface area contributed by atoms with Gasteiger partial charge in [0.2, 0.25) is 5.82 Å². The summed E-state index contributed by atoms with van der Waals surface area (Å²) < 4.78 is 5.43. The summed E-state index contributed by atoms with van der Waals surface area (Å²) in [6.45, 7) is 5.63. The highest BCUT2D eigenvalue weighted by molar-refractivity contribution is 6.29. The van der Waals surface area contributed by atoms with Crippen molar-refractivity contribution in [3.63, 3.8) is 0 Å². The molecule has 34 heavy (non-hydrogen) atoms. The Morgan fingerprint density at radius 2 is 2.03 bits per heavy atom. The molecule has 10 heteroatoms. The van der Waals surface area contributed by atoms with E-state index in [1.807, 2.05) is 41.5 Å². The number of rotatable bonds is 4. The van der Waals surface area contributed by atoms with Crippen LogP contribution in [0.25, 0.3) is 33.3 Å². The quantitative estimate of drug-likeness (QED) is 0.394. The zero-order valence-electron chi connectivity index (χ0n) is 19.1. The van der Waals surface area contributed by atoms with E-state index in [1.165, 1.54) is 0 Å². The molecule has 0 spiro atoms. The second-order valence-electron chi connectivity index (χ2n) is 8.83. The molecule has 4 aromatic heterocycles. The van der Waals surface area contributed by atoms with Gasteiger partial charge in [0.15, 0.2) is 0 Å². The van der Waals surface area contributed by atoms with Gasteiger partial charge in [-0.25, -0.2) is 14.6 Å². The fourth-order valence-corrected chi connectivity index (χ4v) is 5.09. The van der Waals surface area contributed by atoms with E-state index in [1.54, 1.807) is 17.1 Å². The maximum atomic E-state index is 13.5. The third-order valence-electron chi connectivity index (χ3n) is 6.39. The number of hydrogen-bond acceptors (Lipinski definition) is 6. The smallest absolute Gasteiger partial charge is 0.260 e. The molecular weight excluding hydrogens is 452 g/mol. The van der Waals surface area contributed by atoms with E-state index in [2.05, 4.69) is 38.5 Å². The topological polar surface area (TPSA) is 95.4 Å². The first kappa shape index (κ1) is 20.9. The van der Waals surface area contributed by atoms with Crippen LogP contribution in [0.15, 0.2) is 41.6 Å². The van der Waals surface area contributed by atoms with E-state index in [-0.39, 0.29) is 11.6 Å². The second kappa shape index (κ2) is 7.66. The number of aryl methyl sites for hydroxylation is 4. The molecule has 6 rings (SSSR count). The number of hydrogen-bond donors (Lipinski definition) is 1. The zero-order valence-corrected chi connectivity index (χ0v) is 19.8. The normalized spacial score (nSPS) is 14.1. The molecule has 0 saturated heterocycles. The average molecular weight is 475 g/mol. The summed E-state index contributed by atoms with van der Waals surface area (Å²) >= 11 is 6.20. The van der Waals surface area contributed by atoms with Gasteiger partial charge in [-0.1, -0.05) is 17.7 Å². The van der Waals surface area contributed by atoms with Crippen molar-refractivity contribution in [1.82, 2.24) is 34.1 Å². The molecule has 1 aliphatic rings. The largest absolute Gasteiger partial charge is 0.377 e. The van der Waals surface area contributed by atoms with E-state index in [9.17, 15) is 4.79 Å². The molecule has 1 unspecified atom stereocenters. The van der Waals surface area contributed by atoms with Crippen LogP contribution in [0, 0.1) is 6.92 Å². The SMILES string of the molecule is Cc1cc(C(C)Nc2ccc(Cl)nc2-c2ncn(C)n2)c2c(c1)c(=O)n1c3c2cnn3CCC1. The molecule has 9 nitrogen and oxygen atoms in total. The predicted molar refractivity (Wildman–Crippen MR) is 132 cm³/mol. The third kappa shape index (κ3) is 3.19. The minimum atomic E-state index is -0.141. The monoisotopic (exact) mass is 474 g/mol. The van der Waals surface area contributed by atoms with Gasteiger partial charge in [0, 0.05) is 42.3 Å². The molecule has 1 N–H and O–H groups in total. The molecule has 1 aliphatic heterocycles. The molecule has 0 amide bonds. The van der Waals surface area contributed by atoms with Crippen LogP contribution in [0.4, 0.5) is 5.69 Å². The fourth-order valence-electron chi connectivity index (χ4n) is 4.94. The van der Waals surface area contributed by atoms with Crippen LogP contribution < -0.4 is 10.9 Å². The van der Waals surface area contributed by atoms with Crippen molar-refractivity contribution >= 4 is 39.1 Å². The summed E-state index contributed by atoms with van der Waals surface area (Å²) in [6.07, 6.45) is 4.42. The standard InChI is InChI=1S/C24H23ClN8O/c1-13-9-15(14(2)28-18-5-6-19(25)29-21(18)22-26-12-31(3)30-22)20-16(10-13)24(34)32-7-4-8-33-23(32)17(20)11-27-33/h5-6,9-12,14,28H,4,7-8H2,1-3H3. The summed E-state index contributed by atoms with van der Waals surface area (Å²) in [5.74, 6) is 0.488. The van der Waals surface area contributed by atoms with Crippen molar-refractivity contribution < 1.29 is 0 Å². The number of benzene rings is 1. The van der Waals surface area contributed by atoms with E-state index in [0.717, 1.165) is 51.6 Å².